The van der Waals surface area contributed by atoms with Crippen molar-refractivity contribution in [1.82, 2.24) is 9.80 Å². The van der Waals surface area contributed by atoms with Crippen LogP contribution in [-0.4, -0.2) is 58.0 Å². The minimum Gasteiger partial charge on any atom is -0.480 e. The van der Waals surface area contributed by atoms with Gasteiger partial charge in [0.1, 0.15) is 5.54 Å². The lowest BCUT2D eigenvalue weighted by Crippen LogP contribution is -2.54. The number of carbonyl (C=O) groups excluding carboxylic acids is 1. The highest BCUT2D eigenvalue weighted by atomic mass is 16.4. The monoisotopic (exact) mass is 282 g/mol. The van der Waals surface area contributed by atoms with E-state index in [0.29, 0.717) is 19.0 Å². The van der Waals surface area contributed by atoms with Crippen LogP contribution < -0.4 is 0 Å². The molecule has 0 aromatic carbocycles. The topological polar surface area (TPSA) is 60.9 Å². The lowest BCUT2D eigenvalue weighted by molar-refractivity contribution is -0.150. The molecule has 2 heterocycles. The maximum absolute atomic E-state index is 12.5. The number of aliphatic carboxylic acids is 1. The summed E-state index contributed by atoms with van der Waals surface area (Å²) in [5, 5.41) is 9.40. The maximum Gasteiger partial charge on any atom is 0.323 e. The second kappa shape index (κ2) is 6.12. The Morgan fingerprint density at radius 2 is 2.00 bits per heavy atom. The summed E-state index contributed by atoms with van der Waals surface area (Å²) in [6.07, 6.45) is 5.82. The first-order chi connectivity index (χ1) is 9.49. The normalized spacial score (nSPS) is 31.5. The smallest absolute Gasteiger partial charge is 0.323 e. The Labute approximate surface area is 120 Å². The molecule has 1 amide bonds. The zero-order valence-electron chi connectivity index (χ0n) is 12.6. The molecular weight excluding hydrogens is 256 g/mol. The quantitative estimate of drug-likeness (QED) is 0.853. The molecule has 0 spiro atoms. The van der Waals surface area contributed by atoms with Crippen molar-refractivity contribution in [2.75, 3.05) is 19.6 Å². The first kappa shape index (κ1) is 15.3. The number of carboxylic acids is 1. The molecular formula is C15H26N2O3. The van der Waals surface area contributed by atoms with Gasteiger partial charge in [-0.25, -0.2) is 0 Å². The Kier molecular flexibility index (Phi) is 4.68. The van der Waals surface area contributed by atoms with Gasteiger partial charge in [-0.2, -0.15) is 0 Å². The zero-order valence-corrected chi connectivity index (χ0v) is 12.6. The third-order valence-electron chi connectivity index (χ3n) is 5.00. The molecule has 0 aromatic heterocycles. The molecule has 2 atom stereocenters. The number of piperidine rings is 1. The summed E-state index contributed by atoms with van der Waals surface area (Å²) in [6, 6.07) is 0.343. The van der Waals surface area contributed by atoms with Crippen LogP contribution in [0, 0.1) is 0 Å². The molecule has 5 heteroatoms. The van der Waals surface area contributed by atoms with Crippen LogP contribution in [0.4, 0.5) is 0 Å². The van der Waals surface area contributed by atoms with Crippen molar-refractivity contribution in [1.29, 1.82) is 0 Å². The second-order valence-electron chi connectivity index (χ2n) is 6.25. The van der Waals surface area contributed by atoms with Gasteiger partial charge in [-0.15, -0.1) is 0 Å². The van der Waals surface area contributed by atoms with E-state index in [0.717, 1.165) is 32.2 Å². The number of hydrogen-bond donors (Lipinski definition) is 1. The van der Waals surface area contributed by atoms with Gasteiger partial charge in [0.25, 0.3) is 0 Å². The first-order valence-electron chi connectivity index (χ1n) is 7.77. The van der Waals surface area contributed by atoms with E-state index >= 15 is 0 Å². The van der Waals surface area contributed by atoms with Gasteiger partial charge >= 0.3 is 5.97 Å². The van der Waals surface area contributed by atoms with Crippen molar-refractivity contribution in [3.05, 3.63) is 0 Å². The van der Waals surface area contributed by atoms with Crippen LogP contribution in [0.2, 0.25) is 0 Å². The van der Waals surface area contributed by atoms with Gasteiger partial charge in [-0.05, 0) is 52.0 Å². The fourth-order valence-corrected chi connectivity index (χ4v) is 3.52. The van der Waals surface area contributed by atoms with E-state index < -0.39 is 11.5 Å². The van der Waals surface area contributed by atoms with Crippen LogP contribution in [0.3, 0.4) is 0 Å². The van der Waals surface area contributed by atoms with Crippen LogP contribution in [0.25, 0.3) is 0 Å². The van der Waals surface area contributed by atoms with Gasteiger partial charge in [0.2, 0.25) is 5.91 Å². The summed E-state index contributed by atoms with van der Waals surface area (Å²) in [7, 11) is 0. The molecule has 2 aliphatic rings. The number of likely N-dealkylation sites (tertiary alicyclic amines) is 2. The van der Waals surface area contributed by atoms with E-state index in [9.17, 15) is 14.7 Å². The molecule has 1 N–H and O–H groups in total. The fraction of sp³-hybridized carbons (Fsp3) is 0.867. The Morgan fingerprint density at radius 1 is 1.25 bits per heavy atom. The number of nitrogens with zero attached hydrogens (tertiary/aromatic N) is 2. The van der Waals surface area contributed by atoms with Gasteiger partial charge in [0.15, 0.2) is 0 Å². The molecule has 20 heavy (non-hydrogen) atoms. The van der Waals surface area contributed by atoms with E-state index in [1.165, 1.54) is 6.42 Å². The molecule has 0 aromatic rings. The Morgan fingerprint density at radius 3 is 2.65 bits per heavy atom. The van der Waals surface area contributed by atoms with Gasteiger partial charge < -0.3 is 10.0 Å². The van der Waals surface area contributed by atoms with E-state index in [1.54, 1.807) is 6.92 Å². The summed E-state index contributed by atoms with van der Waals surface area (Å²) in [6.45, 7) is 5.64. The molecule has 0 saturated carbocycles. The highest BCUT2D eigenvalue weighted by Gasteiger charge is 2.44. The summed E-state index contributed by atoms with van der Waals surface area (Å²) in [4.78, 5) is 27.8. The molecule has 2 saturated heterocycles. The molecule has 0 bridgehead atoms. The minimum absolute atomic E-state index is 0.103. The average molecular weight is 282 g/mol. The van der Waals surface area contributed by atoms with Gasteiger partial charge in [-0.3, -0.25) is 14.5 Å². The van der Waals surface area contributed by atoms with Crippen molar-refractivity contribution in [2.45, 2.75) is 64.0 Å². The predicted molar refractivity (Wildman–Crippen MR) is 76.5 cm³/mol. The number of carbonyl (C=O) groups is 2. The van der Waals surface area contributed by atoms with Gasteiger partial charge in [0.05, 0.1) is 6.54 Å². The van der Waals surface area contributed by atoms with E-state index in [4.69, 9.17) is 0 Å². The van der Waals surface area contributed by atoms with Gasteiger partial charge in [0, 0.05) is 12.6 Å². The number of hydrogen-bond acceptors (Lipinski definition) is 3. The summed E-state index contributed by atoms with van der Waals surface area (Å²) < 4.78 is 0. The Hall–Kier alpha value is -1.10. The lowest BCUT2D eigenvalue weighted by Gasteiger charge is -2.38. The van der Waals surface area contributed by atoms with Crippen LogP contribution in [0.1, 0.15) is 52.4 Å². The van der Waals surface area contributed by atoms with Crippen LogP contribution in [0.15, 0.2) is 0 Å². The molecule has 5 nitrogen and oxygen atoms in total. The average Bonchev–Trinajstić information content (AvgIpc) is 2.81. The van der Waals surface area contributed by atoms with Gasteiger partial charge in [-0.1, -0.05) is 6.92 Å². The van der Waals surface area contributed by atoms with E-state index in [1.807, 2.05) is 9.80 Å². The third kappa shape index (κ3) is 2.82. The summed E-state index contributed by atoms with van der Waals surface area (Å²) >= 11 is 0. The molecule has 2 aliphatic heterocycles. The maximum atomic E-state index is 12.5. The first-order valence-corrected chi connectivity index (χ1v) is 7.77. The highest BCUT2D eigenvalue weighted by Crippen LogP contribution is 2.29. The zero-order chi connectivity index (χ0) is 14.8. The fourth-order valence-electron chi connectivity index (χ4n) is 3.52. The molecule has 114 valence electrons. The Balaban J connectivity index is 2.01. The number of rotatable bonds is 4. The third-order valence-corrected chi connectivity index (χ3v) is 5.00. The Bertz CT molecular complexity index is 385. The predicted octanol–water partition coefficient (Wildman–Crippen LogP) is 1.72. The van der Waals surface area contributed by atoms with Crippen LogP contribution in [0.5, 0.6) is 0 Å². The molecule has 2 unspecified atom stereocenters. The van der Waals surface area contributed by atoms with E-state index in [2.05, 4.69) is 6.92 Å². The standard InChI is InChI=1S/C15H26N2O3/c1-3-12-7-4-5-10-17(12)13(18)11-16-9-6-8-15(16,2)14(19)20/h12H,3-11H2,1-2H3,(H,19,20). The van der Waals surface area contributed by atoms with Crippen LogP contribution in [-0.2, 0) is 9.59 Å². The number of amides is 1. The van der Waals surface area contributed by atoms with Crippen LogP contribution >= 0.6 is 0 Å². The number of carboxylic acid groups (broad SMARTS) is 1. The molecule has 0 aliphatic carbocycles. The molecule has 0 radical (unpaired) electrons. The van der Waals surface area contributed by atoms with Crippen molar-refractivity contribution in [3.8, 4) is 0 Å². The minimum atomic E-state index is -0.868. The highest BCUT2D eigenvalue weighted by molar-refractivity contribution is 5.82. The van der Waals surface area contributed by atoms with Crippen molar-refractivity contribution >= 4 is 11.9 Å². The van der Waals surface area contributed by atoms with Crippen molar-refractivity contribution in [3.63, 3.8) is 0 Å². The second-order valence-corrected chi connectivity index (χ2v) is 6.25. The SMILES string of the molecule is CCC1CCCCN1C(=O)CN1CCCC1(C)C(=O)O. The molecule has 2 fully saturated rings. The van der Waals surface area contributed by atoms with Crippen molar-refractivity contribution < 1.29 is 14.7 Å². The van der Waals surface area contributed by atoms with Crippen molar-refractivity contribution in [2.24, 2.45) is 0 Å². The summed E-state index contributed by atoms with van der Waals surface area (Å²) in [5.41, 5.74) is -0.868. The van der Waals surface area contributed by atoms with E-state index in [-0.39, 0.29) is 12.5 Å². The lowest BCUT2D eigenvalue weighted by atomic mass is 9.98. The largest absolute Gasteiger partial charge is 0.480 e. The molecule has 2 rings (SSSR count). The summed E-state index contributed by atoms with van der Waals surface area (Å²) in [5.74, 6) is -0.709.